The second-order valence-electron chi connectivity index (χ2n) is 32.5. The van der Waals surface area contributed by atoms with E-state index in [9.17, 15) is 97.1 Å². The van der Waals surface area contributed by atoms with Crippen LogP contribution in [0.3, 0.4) is 0 Å². The number of benzene rings is 3. The number of nitrogens with two attached hydrogens (primary N) is 2. The molecule has 0 radical (unpaired) electrons. The van der Waals surface area contributed by atoms with Crippen LogP contribution in [-0.2, 0) is 122 Å². The number of rotatable bonds is 43. The number of aromatic amines is 3. The maximum Gasteiger partial charge on any atom is 0.326 e. The highest BCUT2D eigenvalue weighted by Crippen LogP contribution is 2.18. The summed E-state index contributed by atoms with van der Waals surface area (Å²) in [6, 6.07) is 3.71. The predicted octanol–water partition coefficient (Wildman–Crippen LogP) is -4.40. The van der Waals surface area contributed by atoms with Crippen LogP contribution in [0.5, 0.6) is 0 Å². The molecule has 1 aliphatic rings. The van der Waals surface area contributed by atoms with Gasteiger partial charge in [0.25, 0.3) is 11.5 Å². The van der Waals surface area contributed by atoms with Crippen molar-refractivity contribution < 1.29 is 102 Å². The van der Waals surface area contributed by atoms with Crippen LogP contribution < -0.4 is 96.9 Å². The first kappa shape index (κ1) is 107. The summed E-state index contributed by atoms with van der Waals surface area (Å²) in [6.07, 6.45) is 5.31. The molecule has 9 rings (SSSR count). The number of anilines is 2. The van der Waals surface area contributed by atoms with Gasteiger partial charge in [-0.3, -0.25) is 86.4 Å². The van der Waals surface area contributed by atoms with Crippen molar-refractivity contribution in [1.29, 1.82) is 0 Å². The summed E-state index contributed by atoms with van der Waals surface area (Å²) in [7, 11) is 0. The molecule has 12 atom stereocenters. The zero-order valence-corrected chi connectivity index (χ0v) is 77.5. The molecular formula is C87H113IN28O22. The van der Waals surface area contributed by atoms with Crippen molar-refractivity contribution in [2.75, 3.05) is 43.9 Å². The standard InChI is InChI=1S/C87H113IN28O22/c1-47-74(123)104-59(77(126)105-58(16-6-9-30-93-67(119)19-12-15-49-20-24-52(88)25-21-49)76(125)97-41-69(121)103-62(33-50-13-4-3-5-14-50)78(127)107-60(85(134)135)18-7-10-31-94-70(122)44-138-90)17-8-11-32-116-42-56(114-115-116)36-63(102-68(120)29-28-61(86(136)137)106-75(124)51-22-26-53(27-23-51)95-39-57-40-96-73-72(101-57)84(133)113-87(89)112-73)79(128)108-64(34-54-37-91-45-98-54)80(129)110-66(43-117)82(131)109-65(35-55-38-92-46-99-55)81(130)111-71(48(2)118)83(132)100-47/h3-5,13-14,20-27,37-38,40,42,45-48,58-66,71,95,117-118H,6-12,15-19,28-36,39,41,43-44,90H2,1-2H3,(H,91,98)(H,92,99)(H,93,119)(H,94,122)(H,97,125)(H,100,132)(H,102,120)(H,103,121)(H,104,123)(H,105,126)(H,106,124)(H,107,127)(H,108,128)(H,109,131)(H,110,129)(H,111,130)(H,134,135)(H,136,137)(H3,89,96,112,113,133)/t47-,48+,58+,59+,60+,61+,62+,63+,64-,65-,66-,71-/m1/s1. The van der Waals surface area contributed by atoms with Crippen molar-refractivity contribution in [3.8, 4) is 0 Å². The Morgan fingerprint density at radius 3 is 1.90 bits per heavy atom. The number of carboxylic acids is 2. The van der Waals surface area contributed by atoms with E-state index in [2.05, 4.69) is 157 Å². The van der Waals surface area contributed by atoms with Crippen LogP contribution in [0.25, 0.3) is 11.2 Å². The maximum absolute atomic E-state index is 15.1. The molecule has 14 amide bonds. The number of unbranched alkanes of at least 4 members (excludes halogenated alkanes) is 2. The molecule has 0 unspecified atom stereocenters. The summed E-state index contributed by atoms with van der Waals surface area (Å²) in [5, 5.41) is 89.5. The lowest BCUT2D eigenvalue weighted by Crippen LogP contribution is -2.62. The third-order valence-electron chi connectivity index (χ3n) is 21.7. The van der Waals surface area contributed by atoms with Crippen LogP contribution in [-0.4, -0.2) is 275 Å². The fourth-order valence-electron chi connectivity index (χ4n) is 14.3. The number of hydrogen-bond donors (Lipinski definition) is 24. The Kier molecular flexibility index (Phi) is 42.3. The number of carboxylic acid groups (broad SMARTS) is 2. The number of aryl methyl sites for hydroxylation is 2. The lowest BCUT2D eigenvalue weighted by molar-refractivity contribution is -0.142. The van der Waals surface area contributed by atoms with Gasteiger partial charge in [-0.15, -0.1) is 5.10 Å². The van der Waals surface area contributed by atoms with Gasteiger partial charge < -0.3 is 116 Å². The summed E-state index contributed by atoms with van der Waals surface area (Å²) in [5.41, 5.74) is 7.89. The molecule has 51 heteroatoms. The Hall–Kier alpha value is -14.9. The van der Waals surface area contributed by atoms with Gasteiger partial charge in [-0.25, -0.2) is 35.4 Å². The Morgan fingerprint density at radius 1 is 0.616 bits per heavy atom. The third-order valence-corrected chi connectivity index (χ3v) is 22.4. The molecule has 50 nitrogen and oxygen atoms in total. The maximum atomic E-state index is 15.1. The van der Waals surface area contributed by atoms with E-state index in [1.54, 1.807) is 30.3 Å². The highest BCUT2D eigenvalue weighted by atomic mass is 127. The first-order chi connectivity index (χ1) is 66.2. The number of fused-ring (bicyclic) bond motifs is 3. The van der Waals surface area contributed by atoms with Gasteiger partial charge in [0, 0.05) is 103 Å². The number of halogens is 1. The van der Waals surface area contributed by atoms with Crippen molar-refractivity contribution in [3.05, 3.63) is 170 Å². The highest BCUT2D eigenvalue weighted by Gasteiger charge is 2.38. The van der Waals surface area contributed by atoms with Crippen LogP contribution in [0.4, 0.5) is 11.6 Å². The molecule has 26 N–H and O–H groups in total. The topological polar surface area (TPSA) is 755 Å². The Labute approximate surface area is 801 Å². The molecule has 0 saturated carbocycles. The molecule has 6 heterocycles. The fraction of sp³-hybridized carbons (Fsp3) is 0.448. The van der Waals surface area contributed by atoms with Gasteiger partial charge in [-0.2, -0.15) is 4.98 Å². The number of nitrogens with one attached hydrogen (secondary N) is 18. The number of imidazole rings is 2. The average molecular weight is 2030 g/mol. The minimum atomic E-state index is -1.92. The Balaban J connectivity index is 0.957. The van der Waals surface area contributed by atoms with Gasteiger partial charge >= 0.3 is 11.9 Å². The second kappa shape index (κ2) is 54.6. The predicted molar refractivity (Wildman–Crippen MR) is 497 cm³/mol. The van der Waals surface area contributed by atoms with E-state index in [4.69, 9.17) is 11.6 Å². The zero-order chi connectivity index (χ0) is 99.7. The van der Waals surface area contributed by atoms with Crippen molar-refractivity contribution in [3.63, 3.8) is 0 Å². The van der Waals surface area contributed by atoms with E-state index in [-0.39, 0.29) is 136 Å². The summed E-state index contributed by atoms with van der Waals surface area (Å²) in [4.78, 5) is 269. The monoisotopic (exact) mass is 2030 g/mol. The van der Waals surface area contributed by atoms with Crippen molar-refractivity contribution in [1.82, 2.24) is 129 Å². The number of H-pyrrole nitrogens is 3. The molecular weight excluding hydrogens is 1920 g/mol. The van der Waals surface area contributed by atoms with E-state index < -0.39 is 219 Å². The molecule has 0 aliphatic carbocycles. The lowest BCUT2D eigenvalue weighted by Gasteiger charge is -2.28. The molecule has 8 aromatic rings. The quantitative estimate of drug-likeness (QED) is 0.00975. The normalized spacial score (nSPS) is 18.1. The van der Waals surface area contributed by atoms with Crippen LogP contribution >= 0.6 is 22.6 Å². The number of amides is 14. The fourth-order valence-corrected chi connectivity index (χ4v) is 14.6. The van der Waals surface area contributed by atoms with Gasteiger partial charge in [-0.05, 0) is 161 Å². The summed E-state index contributed by atoms with van der Waals surface area (Å²) in [5.74, 6) is -11.3. The van der Waals surface area contributed by atoms with E-state index in [0.29, 0.717) is 36.2 Å². The molecule has 2 bridgehead atoms. The van der Waals surface area contributed by atoms with Crippen molar-refractivity contribution >= 4 is 140 Å². The van der Waals surface area contributed by atoms with Crippen LogP contribution in [0.2, 0.25) is 0 Å². The molecule has 3 aromatic carbocycles. The summed E-state index contributed by atoms with van der Waals surface area (Å²) < 4.78 is 2.37. The summed E-state index contributed by atoms with van der Waals surface area (Å²) >= 11 is 2.19. The molecule has 0 fully saturated rings. The third kappa shape index (κ3) is 35.4. The molecule has 138 heavy (non-hydrogen) atoms. The molecule has 0 saturated heterocycles. The van der Waals surface area contributed by atoms with Gasteiger partial charge in [0.15, 0.2) is 11.2 Å². The lowest BCUT2D eigenvalue weighted by atomic mass is 10.0. The molecule has 5 aromatic heterocycles. The molecule has 0 spiro atoms. The van der Waals surface area contributed by atoms with E-state index >= 15 is 4.79 Å². The van der Waals surface area contributed by atoms with E-state index in [0.717, 1.165) is 16.1 Å². The second-order valence-corrected chi connectivity index (χ2v) is 33.8. The largest absolute Gasteiger partial charge is 0.480 e. The summed E-state index contributed by atoms with van der Waals surface area (Å²) in [6.45, 7) is 0.258. The van der Waals surface area contributed by atoms with Crippen molar-refractivity contribution in [2.45, 2.75) is 215 Å². The van der Waals surface area contributed by atoms with E-state index in [1.807, 2.05) is 24.3 Å². The highest BCUT2D eigenvalue weighted by molar-refractivity contribution is 14.1. The first-order valence-corrected chi connectivity index (χ1v) is 45.4. The number of nitrogens with zero attached hydrogens (tertiary/aromatic N) is 8. The molecule has 1 aliphatic heterocycles. The SMILES string of the molecule is C[C@H](O)[C@H]1NC(=O)[C@@H](Cc2cnc[nH]2)NC(=O)[C@@H](CO)NC(=O)[C@@H](Cc2cnc[nH]2)NC(=O)[C@@H](NC(=O)CC[C@H](NC(=O)c2ccc(NCc3cnc4nc(N)[nH]c(=O)c4n3)cc2)C(=O)O)Cc2cn(nn2)CCCC[C@@H](C(=O)N[C@@H](CCCCNC(=O)CCCc2ccc(I)cc2)C(=O)NCC(=O)N[C@@H](Cc2ccccc2)C(=O)N[C@@H](CCCCNC(=O)CON)C(=O)O)NC(=O)[C@@H](C)NC1=O. The number of hydrogen-bond acceptors (Lipinski definition) is 30. The van der Waals surface area contributed by atoms with Gasteiger partial charge in [0.2, 0.25) is 82.7 Å². The number of carbonyl (C=O) groups is 16. The van der Waals surface area contributed by atoms with Gasteiger partial charge in [-0.1, -0.05) is 47.7 Å². The number of aliphatic carboxylic acids is 2. The van der Waals surface area contributed by atoms with Crippen LogP contribution in [0, 0.1) is 3.57 Å². The minimum absolute atomic E-state index is 0.00352. The Morgan fingerprint density at radius 2 is 1.25 bits per heavy atom. The van der Waals surface area contributed by atoms with Crippen LogP contribution in [0.15, 0.2) is 121 Å². The molecule has 740 valence electrons. The number of nitrogen functional groups attached to an aromatic ring is 1. The smallest absolute Gasteiger partial charge is 0.326 e. The van der Waals surface area contributed by atoms with E-state index in [1.165, 1.54) is 73.3 Å². The number of carbonyl (C=O) groups excluding carboxylic acids is 14. The van der Waals surface area contributed by atoms with Gasteiger partial charge in [0.1, 0.15) is 73.1 Å². The number of aromatic nitrogens is 11. The number of aliphatic hydroxyl groups excluding tert-OH is 2. The average Bonchev–Trinajstić information content (AvgIpc) is 0.974. The minimum Gasteiger partial charge on any atom is -0.480 e. The zero-order valence-electron chi connectivity index (χ0n) is 75.3. The van der Waals surface area contributed by atoms with Crippen LogP contribution in [0.1, 0.15) is 142 Å². The first-order valence-electron chi connectivity index (χ1n) is 44.3. The van der Waals surface area contributed by atoms with Gasteiger partial charge in [0.05, 0.1) is 56.0 Å². The number of aliphatic hydroxyl groups is 2. The van der Waals surface area contributed by atoms with Crippen molar-refractivity contribution in [2.24, 2.45) is 5.90 Å². The Bertz CT molecular complexity index is 5540.